The normalized spacial score (nSPS) is 20.2. The number of piperazine rings is 1. The number of halogens is 2. The lowest BCUT2D eigenvalue weighted by Gasteiger charge is -2.37. The molecule has 270 valence electrons. The maximum atomic E-state index is 15.0. The van der Waals surface area contributed by atoms with Crippen molar-refractivity contribution in [1.82, 2.24) is 19.8 Å². The molecular formula is C37H44F2N8O4. The molecule has 0 bridgehead atoms. The Morgan fingerprint density at radius 3 is 2.29 bits per heavy atom. The number of carbonyl (C=O) groups is 1. The smallest absolute Gasteiger partial charge is 0.343 e. The molecule has 4 atom stereocenters. The number of hydrazine groups is 1. The highest BCUT2D eigenvalue weighted by Gasteiger charge is 2.44. The molecule has 2 saturated heterocycles. The van der Waals surface area contributed by atoms with Crippen LogP contribution in [0.4, 0.5) is 30.6 Å². The quantitative estimate of drug-likeness (QED) is 0.120. The Morgan fingerprint density at radius 2 is 1.73 bits per heavy atom. The van der Waals surface area contributed by atoms with E-state index in [1.54, 1.807) is 24.9 Å². The second-order valence-corrected chi connectivity index (χ2v) is 13.1. The molecule has 14 heteroatoms. The molecule has 0 radical (unpaired) electrons. The van der Waals surface area contributed by atoms with Crippen molar-refractivity contribution in [3.63, 3.8) is 0 Å². The van der Waals surface area contributed by atoms with Crippen molar-refractivity contribution in [1.29, 1.82) is 0 Å². The third-order valence-electron chi connectivity index (χ3n) is 9.73. The van der Waals surface area contributed by atoms with Crippen molar-refractivity contribution in [3.8, 4) is 5.75 Å². The Labute approximate surface area is 296 Å². The summed E-state index contributed by atoms with van der Waals surface area (Å²) in [4.78, 5) is 22.9. The number of ether oxygens (including phenoxy) is 2. The van der Waals surface area contributed by atoms with Crippen LogP contribution in [-0.2, 0) is 16.9 Å². The van der Waals surface area contributed by atoms with Gasteiger partial charge in [0.25, 0.3) is 0 Å². The van der Waals surface area contributed by atoms with E-state index in [0.29, 0.717) is 25.3 Å². The molecule has 4 aromatic rings. The molecule has 3 aromatic carbocycles. The average molecular weight is 703 g/mol. The van der Waals surface area contributed by atoms with Gasteiger partial charge in [0.1, 0.15) is 35.6 Å². The minimum atomic E-state index is -1.02. The maximum Gasteiger partial charge on any atom is 0.343 e. The van der Waals surface area contributed by atoms with Gasteiger partial charge in [0.05, 0.1) is 37.6 Å². The van der Waals surface area contributed by atoms with Crippen molar-refractivity contribution >= 4 is 23.1 Å². The van der Waals surface area contributed by atoms with Crippen LogP contribution < -0.4 is 25.3 Å². The number of nitrogens with two attached hydrogens (primary N) is 1. The lowest BCUT2D eigenvalue weighted by atomic mass is 9.87. The number of aliphatic hydroxyl groups excluding tert-OH is 1. The number of hydrogen-bond acceptors (Lipinski definition) is 9. The van der Waals surface area contributed by atoms with Gasteiger partial charge in [0, 0.05) is 61.3 Å². The van der Waals surface area contributed by atoms with Gasteiger partial charge in [-0.15, -0.1) is 0 Å². The largest absolute Gasteiger partial charge is 0.493 e. The van der Waals surface area contributed by atoms with E-state index in [9.17, 15) is 18.7 Å². The molecule has 2 aliphatic heterocycles. The molecule has 2 amide bonds. The van der Waals surface area contributed by atoms with E-state index >= 15 is 0 Å². The van der Waals surface area contributed by atoms with E-state index in [4.69, 9.17) is 15.3 Å². The van der Waals surface area contributed by atoms with Gasteiger partial charge in [-0.25, -0.2) is 29.1 Å². The first-order valence-electron chi connectivity index (χ1n) is 17.0. The van der Waals surface area contributed by atoms with Crippen molar-refractivity contribution in [2.24, 2.45) is 11.8 Å². The molecule has 2 fully saturated rings. The number of nitrogens with zero attached hydrogens (tertiary/aromatic N) is 7. The third kappa shape index (κ3) is 7.98. The Balaban J connectivity index is 1.01. The van der Waals surface area contributed by atoms with Crippen LogP contribution in [0.1, 0.15) is 25.8 Å². The van der Waals surface area contributed by atoms with Crippen LogP contribution in [-0.4, -0.2) is 82.4 Å². The zero-order valence-corrected chi connectivity index (χ0v) is 28.8. The number of urea groups is 1. The van der Waals surface area contributed by atoms with Crippen LogP contribution in [0.25, 0.3) is 0 Å². The van der Waals surface area contributed by atoms with Gasteiger partial charge in [-0.2, -0.15) is 5.10 Å². The van der Waals surface area contributed by atoms with E-state index in [-0.39, 0.29) is 18.0 Å². The van der Waals surface area contributed by atoms with Crippen LogP contribution in [0, 0.1) is 17.6 Å². The van der Waals surface area contributed by atoms with Gasteiger partial charge in [-0.05, 0) is 74.9 Å². The Bertz CT molecular complexity index is 1770. The summed E-state index contributed by atoms with van der Waals surface area (Å²) in [5.41, 5.74) is 2.03. The standard InChI is InChI=1S/C37H44F2N8O4/c1-4-46(36(49)47(40)26(2)27(3)48)32-8-6-30(7-9-32)43-15-17-44(18-16-43)31-10-12-33(13-11-31)50-21-28-20-37(51-22-28,23-45-25-41-24-42-45)34-14-5-29(38)19-35(34)39/h4-14,19,24-28,48H,1,15-18,20-23,40H2,2-3H3/t26?,27-,28+,37-/m0/s1. The van der Waals surface area contributed by atoms with Gasteiger partial charge < -0.3 is 24.4 Å². The first-order valence-corrected chi connectivity index (χ1v) is 17.0. The molecule has 3 N–H and O–H groups in total. The summed E-state index contributed by atoms with van der Waals surface area (Å²) in [7, 11) is 0. The summed E-state index contributed by atoms with van der Waals surface area (Å²) in [6, 6.07) is 18.2. The van der Waals surface area contributed by atoms with E-state index in [2.05, 4.69) is 26.5 Å². The lowest BCUT2D eigenvalue weighted by Crippen LogP contribution is -2.53. The number of amides is 2. The topological polar surface area (TPSA) is 125 Å². The Hall–Kier alpha value is -5.05. The van der Waals surface area contributed by atoms with Crippen LogP contribution in [0.3, 0.4) is 0 Å². The number of benzene rings is 3. The SMILES string of the molecule is C=CN(C(=O)N(N)C(C)[C@H](C)O)c1ccc(N2CCN(c3ccc(OC[C@@H]4CO[C@@](Cn5cncn5)(c5ccc(F)cc5F)C4)cc3)CC2)cc1. The summed E-state index contributed by atoms with van der Waals surface area (Å²) < 4.78 is 42.7. The zero-order valence-electron chi connectivity index (χ0n) is 28.8. The monoisotopic (exact) mass is 702 g/mol. The molecule has 2 aliphatic rings. The molecular weight excluding hydrogens is 658 g/mol. The van der Waals surface area contributed by atoms with Crippen molar-refractivity contribution < 1.29 is 28.2 Å². The van der Waals surface area contributed by atoms with Crippen molar-refractivity contribution in [2.45, 2.75) is 44.6 Å². The number of aliphatic hydroxyl groups is 1. The fourth-order valence-electron chi connectivity index (χ4n) is 6.63. The molecule has 3 heterocycles. The van der Waals surface area contributed by atoms with Crippen molar-refractivity contribution in [3.05, 3.63) is 109 Å². The van der Waals surface area contributed by atoms with Crippen LogP contribution in [0.2, 0.25) is 0 Å². The predicted octanol–water partition coefficient (Wildman–Crippen LogP) is 4.91. The molecule has 6 rings (SSSR count). The second-order valence-electron chi connectivity index (χ2n) is 13.1. The zero-order chi connectivity index (χ0) is 36.1. The third-order valence-corrected chi connectivity index (χ3v) is 9.73. The number of carbonyl (C=O) groups excluding carboxylic acids is 1. The molecule has 51 heavy (non-hydrogen) atoms. The highest BCUT2D eigenvalue weighted by molar-refractivity contribution is 5.93. The van der Waals surface area contributed by atoms with Crippen LogP contribution in [0.5, 0.6) is 5.75 Å². The number of aromatic nitrogens is 3. The summed E-state index contributed by atoms with van der Waals surface area (Å²) in [6.45, 7) is 11.3. The lowest BCUT2D eigenvalue weighted by molar-refractivity contribution is -0.0206. The van der Waals surface area contributed by atoms with Crippen LogP contribution >= 0.6 is 0 Å². The van der Waals surface area contributed by atoms with Gasteiger partial charge in [-0.1, -0.05) is 12.6 Å². The van der Waals surface area contributed by atoms with E-state index < -0.39 is 35.4 Å². The first-order chi connectivity index (χ1) is 24.6. The Kier molecular flexibility index (Phi) is 10.8. The number of rotatable bonds is 12. The predicted molar refractivity (Wildman–Crippen MR) is 190 cm³/mol. The molecule has 0 saturated carbocycles. The fourth-order valence-corrected chi connectivity index (χ4v) is 6.63. The second kappa shape index (κ2) is 15.5. The van der Waals surface area contributed by atoms with E-state index in [1.165, 1.54) is 29.6 Å². The van der Waals surface area contributed by atoms with Gasteiger partial charge in [0.15, 0.2) is 0 Å². The molecule has 1 unspecified atom stereocenters. The van der Waals surface area contributed by atoms with Gasteiger partial charge in [0.2, 0.25) is 0 Å². The fraction of sp³-hybridized carbons (Fsp3) is 0.378. The molecule has 1 aromatic heterocycles. The van der Waals surface area contributed by atoms with Crippen molar-refractivity contribution in [2.75, 3.05) is 54.1 Å². The van der Waals surface area contributed by atoms with E-state index in [1.807, 2.05) is 48.5 Å². The molecule has 0 spiro atoms. The summed E-state index contributed by atoms with van der Waals surface area (Å²) >= 11 is 0. The highest BCUT2D eigenvalue weighted by atomic mass is 19.1. The summed E-state index contributed by atoms with van der Waals surface area (Å²) in [6.07, 6.45) is 4.07. The molecule has 12 nitrogen and oxygen atoms in total. The number of anilines is 3. The summed E-state index contributed by atoms with van der Waals surface area (Å²) in [5.74, 6) is 5.38. The highest BCUT2D eigenvalue weighted by Crippen LogP contribution is 2.42. The maximum absolute atomic E-state index is 15.0. The summed E-state index contributed by atoms with van der Waals surface area (Å²) in [5, 5.41) is 15.0. The van der Waals surface area contributed by atoms with E-state index in [0.717, 1.165) is 54.4 Å². The first kappa shape index (κ1) is 35.8. The minimum absolute atomic E-state index is 0.0192. The van der Waals surface area contributed by atoms with Gasteiger partial charge in [-0.3, -0.25) is 9.91 Å². The van der Waals surface area contributed by atoms with Gasteiger partial charge >= 0.3 is 6.03 Å². The minimum Gasteiger partial charge on any atom is -0.493 e. The Morgan fingerprint density at radius 1 is 1.08 bits per heavy atom. The number of hydrogen-bond donors (Lipinski definition) is 2. The average Bonchev–Trinajstić information content (AvgIpc) is 3.81. The molecule has 0 aliphatic carbocycles. The van der Waals surface area contributed by atoms with Crippen LogP contribution in [0.15, 0.2) is 92.2 Å².